The van der Waals surface area contributed by atoms with Gasteiger partial charge in [-0.15, -0.1) is 0 Å². The molecule has 0 bridgehead atoms. The molecule has 2 fully saturated rings. The number of hydrogen-bond donors (Lipinski definition) is 1. The lowest BCUT2D eigenvalue weighted by Crippen LogP contribution is -2.46. The van der Waals surface area contributed by atoms with Crippen molar-refractivity contribution in [1.29, 1.82) is 0 Å². The molecule has 0 radical (unpaired) electrons. The summed E-state index contributed by atoms with van der Waals surface area (Å²) in [7, 11) is -3.71. The van der Waals surface area contributed by atoms with Gasteiger partial charge in [0.1, 0.15) is 0 Å². The molecule has 1 amide bonds. The van der Waals surface area contributed by atoms with E-state index in [0.717, 1.165) is 63.2 Å². The predicted molar refractivity (Wildman–Crippen MR) is 133 cm³/mol. The van der Waals surface area contributed by atoms with Crippen molar-refractivity contribution in [1.82, 2.24) is 9.21 Å². The van der Waals surface area contributed by atoms with Crippen LogP contribution in [0.1, 0.15) is 42.1 Å². The Labute approximate surface area is 197 Å². The first-order chi connectivity index (χ1) is 15.9. The number of aryl methyl sites for hydroxylation is 1. The Morgan fingerprint density at radius 3 is 2.30 bits per heavy atom. The fourth-order valence-corrected chi connectivity index (χ4v) is 6.33. The van der Waals surface area contributed by atoms with Crippen LogP contribution < -0.4 is 10.2 Å². The van der Waals surface area contributed by atoms with Crippen LogP contribution in [0.3, 0.4) is 0 Å². The summed E-state index contributed by atoms with van der Waals surface area (Å²) < 4.78 is 28.0. The Morgan fingerprint density at radius 2 is 1.64 bits per heavy atom. The largest absolute Gasteiger partial charge is 0.369 e. The van der Waals surface area contributed by atoms with Crippen LogP contribution in [0.4, 0.5) is 11.4 Å². The summed E-state index contributed by atoms with van der Waals surface area (Å²) in [6.45, 7) is 10.3. The van der Waals surface area contributed by atoms with Gasteiger partial charge in [0, 0.05) is 50.6 Å². The molecule has 0 aromatic heterocycles. The van der Waals surface area contributed by atoms with Gasteiger partial charge in [0.05, 0.1) is 10.5 Å². The zero-order valence-corrected chi connectivity index (χ0v) is 20.4. The van der Waals surface area contributed by atoms with E-state index in [4.69, 9.17) is 0 Å². The smallest absolute Gasteiger partial charge is 0.257 e. The van der Waals surface area contributed by atoms with Gasteiger partial charge in [-0.3, -0.25) is 4.79 Å². The van der Waals surface area contributed by atoms with Gasteiger partial charge in [-0.1, -0.05) is 25.5 Å². The lowest BCUT2D eigenvalue weighted by molar-refractivity contribution is 0.102. The number of nitrogens with zero attached hydrogens (tertiary/aromatic N) is 3. The van der Waals surface area contributed by atoms with E-state index in [0.29, 0.717) is 18.8 Å². The minimum atomic E-state index is -3.71. The van der Waals surface area contributed by atoms with Gasteiger partial charge >= 0.3 is 0 Å². The topological polar surface area (TPSA) is 73.0 Å². The first-order valence-electron chi connectivity index (χ1n) is 11.9. The molecule has 0 saturated carbocycles. The van der Waals surface area contributed by atoms with E-state index in [1.54, 1.807) is 18.2 Å². The van der Waals surface area contributed by atoms with Crippen LogP contribution in [0.15, 0.2) is 47.4 Å². The van der Waals surface area contributed by atoms with Crippen LogP contribution in [-0.2, 0) is 10.0 Å². The molecule has 7 nitrogen and oxygen atoms in total. The highest BCUT2D eigenvalue weighted by Gasteiger charge is 2.30. The molecule has 2 aromatic rings. The predicted octanol–water partition coefficient (Wildman–Crippen LogP) is 3.56. The van der Waals surface area contributed by atoms with Crippen molar-refractivity contribution >= 4 is 27.3 Å². The number of amides is 1. The second-order valence-corrected chi connectivity index (χ2v) is 10.7. The van der Waals surface area contributed by atoms with Crippen molar-refractivity contribution in [2.45, 2.75) is 38.0 Å². The van der Waals surface area contributed by atoms with Gasteiger partial charge in [0.2, 0.25) is 10.0 Å². The Bertz CT molecular complexity index is 1090. The minimum Gasteiger partial charge on any atom is -0.369 e. The maximum atomic E-state index is 13.2. The maximum Gasteiger partial charge on any atom is 0.257 e. The lowest BCUT2D eigenvalue weighted by atomic mass is 10.1. The van der Waals surface area contributed by atoms with Crippen LogP contribution in [0.5, 0.6) is 0 Å². The molecule has 33 heavy (non-hydrogen) atoms. The van der Waals surface area contributed by atoms with E-state index in [2.05, 4.69) is 28.1 Å². The summed E-state index contributed by atoms with van der Waals surface area (Å²) in [5.41, 5.74) is 2.98. The molecule has 2 aromatic carbocycles. The molecule has 2 aliphatic rings. The summed E-state index contributed by atoms with van der Waals surface area (Å²) in [6, 6.07) is 12.5. The highest BCUT2D eigenvalue weighted by molar-refractivity contribution is 7.89. The monoisotopic (exact) mass is 470 g/mol. The number of benzene rings is 2. The van der Waals surface area contributed by atoms with Crippen LogP contribution in [-0.4, -0.2) is 69.3 Å². The van der Waals surface area contributed by atoms with Crippen LogP contribution >= 0.6 is 0 Å². The second kappa shape index (κ2) is 10.2. The van der Waals surface area contributed by atoms with Crippen LogP contribution in [0, 0.1) is 6.92 Å². The Hall–Kier alpha value is -2.42. The summed E-state index contributed by atoms with van der Waals surface area (Å²) >= 11 is 0. The maximum absolute atomic E-state index is 13.2. The highest BCUT2D eigenvalue weighted by Crippen LogP contribution is 2.27. The number of rotatable bonds is 6. The zero-order valence-electron chi connectivity index (χ0n) is 19.6. The average molecular weight is 471 g/mol. The van der Waals surface area contributed by atoms with Crippen molar-refractivity contribution < 1.29 is 13.2 Å². The quantitative estimate of drug-likeness (QED) is 0.699. The molecule has 2 aliphatic heterocycles. The van der Waals surface area contributed by atoms with Crippen molar-refractivity contribution in [3.63, 3.8) is 0 Å². The number of piperazine rings is 1. The third-order valence-electron chi connectivity index (χ3n) is 6.71. The third kappa shape index (κ3) is 5.23. The van der Waals surface area contributed by atoms with Crippen LogP contribution in [0.2, 0.25) is 0 Å². The molecule has 1 N–H and O–H groups in total. The summed E-state index contributed by atoms with van der Waals surface area (Å²) in [4.78, 5) is 18.0. The van der Waals surface area contributed by atoms with Gasteiger partial charge in [0.15, 0.2) is 0 Å². The molecular formula is C25H34N4O3S. The molecule has 0 unspecified atom stereocenters. The van der Waals surface area contributed by atoms with Crippen molar-refractivity contribution in [3.8, 4) is 0 Å². The molecule has 0 atom stereocenters. The molecule has 178 valence electrons. The first-order valence-corrected chi connectivity index (χ1v) is 13.3. The number of nitrogens with one attached hydrogen (secondary N) is 1. The molecule has 2 saturated heterocycles. The van der Waals surface area contributed by atoms with Gasteiger partial charge in [-0.25, -0.2) is 8.42 Å². The molecular weight excluding hydrogens is 436 g/mol. The Kier molecular flexibility index (Phi) is 7.36. The lowest BCUT2D eigenvalue weighted by Gasteiger charge is -2.35. The Balaban J connectivity index is 1.51. The molecule has 8 heteroatoms. The number of anilines is 2. The number of likely N-dealkylation sites (N-methyl/N-ethyl adjacent to an activating group) is 1. The van der Waals surface area contributed by atoms with E-state index in [1.165, 1.54) is 10.4 Å². The zero-order chi connectivity index (χ0) is 23.4. The van der Waals surface area contributed by atoms with E-state index < -0.39 is 15.9 Å². The van der Waals surface area contributed by atoms with Gasteiger partial charge in [0.25, 0.3) is 5.91 Å². The fourth-order valence-electron chi connectivity index (χ4n) is 4.62. The minimum absolute atomic E-state index is 0.0764. The van der Waals surface area contributed by atoms with Gasteiger partial charge in [-0.2, -0.15) is 4.31 Å². The summed E-state index contributed by atoms with van der Waals surface area (Å²) in [5.74, 6) is -0.404. The number of piperidine rings is 1. The van der Waals surface area contributed by atoms with Crippen molar-refractivity contribution in [2.75, 3.05) is 56.0 Å². The second-order valence-electron chi connectivity index (χ2n) is 8.84. The van der Waals surface area contributed by atoms with Crippen molar-refractivity contribution in [3.05, 3.63) is 53.6 Å². The normalized spacial score (nSPS) is 18.3. The van der Waals surface area contributed by atoms with Crippen LogP contribution in [0.25, 0.3) is 0 Å². The van der Waals surface area contributed by atoms with Gasteiger partial charge < -0.3 is 15.1 Å². The summed E-state index contributed by atoms with van der Waals surface area (Å²) in [5, 5.41) is 2.94. The molecule has 0 aliphatic carbocycles. The van der Waals surface area contributed by atoms with E-state index in [-0.39, 0.29) is 10.5 Å². The first kappa shape index (κ1) is 23.7. The number of carbonyl (C=O) groups excluding carboxylic acids is 1. The number of sulfonamides is 1. The number of carbonyl (C=O) groups is 1. The molecule has 2 heterocycles. The number of hydrogen-bond acceptors (Lipinski definition) is 5. The fraction of sp³-hybridized carbons (Fsp3) is 0.480. The standard InChI is InChI=1S/C25H34N4O3S/c1-3-27-15-17-28(18-16-27)21-11-12-23(20(2)19-21)26-25(30)22-9-5-6-10-24(22)33(31,32)29-13-7-4-8-14-29/h5-6,9-12,19H,3-4,7-8,13-18H2,1-2H3,(H,26,30). The Morgan fingerprint density at radius 1 is 0.939 bits per heavy atom. The van der Waals surface area contributed by atoms with Crippen molar-refractivity contribution in [2.24, 2.45) is 0 Å². The average Bonchev–Trinajstić information content (AvgIpc) is 2.86. The van der Waals surface area contributed by atoms with Gasteiger partial charge in [-0.05, 0) is 62.2 Å². The molecule has 4 rings (SSSR count). The SMILES string of the molecule is CCN1CCN(c2ccc(NC(=O)c3ccccc3S(=O)(=O)N3CCCCC3)c(C)c2)CC1. The van der Waals surface area contributed by atoms with E-state index in [1.807, 2.05) is 19.1 Å². The third-order valence-corrected chi connectivity index (χ3v) is 8.66. The highest BCUT2D eigenvalue weighted by atomic mass is 32.2. The molecule has 0 spiro atoms. The summed E-state index contributed by atoms with van der Waals surface area (Å²) in [6.07, 6.45) is 2.75. The van der Waals surface area contributed by atoms with E-state index in [9.17, 15) is 13.2 Å². The van der Waals surface area contributed by atoms with E-state index >= 15 is 0 Å².